The maximum atomic E-state index is 12.5. The Morgan fingerprint density at radius 2 is 2.14 bits per heavy atom. The lowest BCUT2D eigenvalue weighted by Gasteiger charge is -2.37. The molecule has 0 saturated carbocycles. The van der Waals surface area contributed by atoms with Gasteiger partial charge >= 0.3 is 6.18 Å². The van der Waals surface area contributed by atoms with Gasteiger partial charge in [-0.1, -0.05) is 0 Å². The van der Waals surface area contributed by atoms with Gasteiger partial charge in [0.25, 0.3) is 5.91 Å². The summed E-state index contributed by atoms with van der Waals surface area (Å²) in [6.45, 7) is 2.97. The van der Waals surface area contributed by atoms with Crippen LogP contribution >= 0.6 is 0 Å². The van der Waals surface area contributed by atoms with Gasteiger partial charge in [-0.3, -0.25) is 9.78 Å². The molecule has 1 aromatic rings. The summed E-state index contributed by atoms with van der Waals surface area (Å²) in [6, 6.07) is 2.07. The van der Waals surface area contributed by atoms with Crippen molar-refractivity contribution in [3.05, 3.63) is 29.6 Å². The lowest BCUT2D eigenvalue weighted by Crippen LogP contribution is -2.47. The highest BCUT2D eigenvalue weighted by atomic mass is 19.4. The van der Waals surface area contributed by atoms with Crippen LogP contribution in [0.2, 0.25) is 0 Å². The van der Waals surface area contributed by atoms with Crippen molar-refractivity contribution in [2.75, 3.05) is 13.1 Å². The molecule has 4 nitrogen and oxygen atoms in total. The number of alkyl halides is 3. The van der Waals surface area contributed by atoms with E-state index in [2.05, 4.69) is 4.98 Å². The molecule has 1 fully saturated rings. The molecule has 2 unspecified atom stereocenters. The molecular weight excluding hydrogens is 283 g/mol. The summed E-state index contributed by atoms with van der Waals surface area (Å²) < 4.78 is 37.4. The van der Waals surface area contributed by atoms with Gasteiger partial charge in [0.15, 0.2) is 0 Å². The molecule has 0 bridgehead atoms. The molecule has 1 aromatic heterocycles. The number of halogens is 3. The number of carbonyl (C=O) groups excluding carboxylic acids is 1. The van der Waals surface area contributed by atoms with Crippen LogP contribution in [0, 0.1) is 5.92 Å². The van der Waals surface area contributed by atoms with Gasteiger partial charge in [0.05, 0.1) is 5.56 Å². The van der Waals surface area contributed by atoms with Crippen LogP contribution < -0.4 is 5.73 Å². The predicted octanol–water partition coefficient (Wildman–Crippen LogP) is 2.30. The topological polar surface area (TPSA) is 59.2 Å². The van der Waals surface area contributed by atoms with Crippen LogP contribution in [0.15, 0.2) is 18.3 Å². The molecule has 0 aromatic carbocycles. The number of rotatable bonds is 2. The van der Waals surface area contributed by atoms with Crippen LogP contribution in [-0.4, -0.2) is 34.9 Å². The summed E-state index contributed by atoms with van der Waals surface area (Å²) in [5.41, 5.74) is 4.82. The molecule has 1 aliphatic heterocycles. The molecule has 0 spiro atoms. The number of nitrogens with zero attached hydrogens (tertiary/aromatic N) is 2. The van der Waals surface area contributed by atoms with Crippen LogP contribution in [0.4, 0.5) is 13.2 Å². The fraction of sp³-hybridized carbons (Fsp3) is 0.571. The maximum absolute atomic E-state index is 12.5. The number of piperidine rings is 1. The van der Waals surface area contributed by atoms with Crippen molar-refractivity contribution < 1.29 is 18.0 Å². The molecule has 0 radical (unpaired) electrons. The number of aromatic nitrogens is 1. The van der Waals surface area contributed by atoms with Gasteiger partial charge in [-0.2, -0.15) is 13.2 Å². The summed E-state index contributed by atoms with van der Waals surface area (Å²) in [5.74, 6) is -0.0468. The van der Waals surface area contributed by atoms with E-state index in [4.69, 9.17) is 5.73 Å². The fourth-order valence-electron chi connectivity index (χ4n) is 2.51. The summed E-state index contributed by atoms with van der Waals surface area (Å²) in [4.78, 5) is 17.4. The number of nitrogens with two attached hydrogens (primary N) is 1. The third-order valence-electron chi connectivity index (χ3n) is 3.87. The summed E-state index contributed by atoms with van der Waals surface area (Å²) >= 11 is 0. The van der Waals surface area contributed by atoms with E-state index >= 15 is 0 Å². The van der Waals surface area contributed by atoms with Crippen molar-refractivity contribution in [3.63, 3.8) is 0 Å². The summed E-state index contributed by atoms with van der Waals surface area (Å²) in [5, 5.41) is 0. The third kappa shape index (κ3) is 3.53. The summed E-state index contributed by atoms with van der Waals surface area (Å²) in [6.07, 6.45) is -1.69. The van der Waals surface area contributed by atoms with E-state index in [0.717, 1.165) is 25.1 Å². The van der Waals surface area contributed by atoms with Crippen molar-refractivity contribution in [2.24, 2.45) is 11.7 Å². The second-order valence-electron chi connectivity index (χ2n) is 5.42. The summed E-state index contributed by atoms with van der Waals surface area (Å²) in [7, 11) is 0. The van der Waals surface area contributed by atoms with Gasteiger partial charge in [-0.05, 0) is 44.4 Å². The molecule has 21 heavy (non-hydrogen) atoms. The molecular formula is C14H18F3N3O. The first-order valence-corrected chi connectivity index (χ1v) is 6.87. The number of pyridine rings is 1. The highest BCUT2D eigenvalue weighted by molar-refractivity contribution is 5.94. The minimum atomic E-state index is -4.50. The van der Waals surface area contributed by atoms with Crippen LogP contribution in [-0.2, 0) is 6.18 Å². The van der Waals surface area contributed by atoms with Crippen molar-refractivity contribution in [2.45, 2.75) is 32.0 Å². The van der Waals surface area contributed by atoms with Gasteiger partial charge in [-0.25, -0.2) is 0 Å². The average Bonchev–Trinajstić information content (AvgIpc) is 2.46. The van der Waals surface area contributed by atoms with E-state index in [1.807, 2.05) is 6.92 Å². The molecule has 1 amide bonds. The second-order valence-corrected chi connectivity index (χ2v) is 5.42. The van der Waals surface area contributed by atoms with E-state index in [0.29, 0.717) is 13.1 Å². The zero-order valence-electron chi connectivity index (χ0n) is 11.7. The number of hydrogen-bond acceptors (Lipinski definition) is 3. The molecule has 1 aliphatic rings. The Labute approximate surface area is 121 Å². The lowest BCUT2D eigenvalue weighted by atomic mass is 9.93. The maximum Gasteiger partial charge on any atom is 0.433 e. The van der Waals surface area contributed by atoms with Crippen molar-refractivity contribution in [1.82, 2.24) is 9.88 Å². The van der Waals surface area contributed by atoms with Crippen LogP contribution in [0.25, 0.3) is 0 Å². The predicted molar refractivity (Wildman–Crippen MR) is 71.5 cm³/mol. The molecule has 2 atom stereocenters. The van der Waals surface area contributed by atoms with E-state index < -0.39 is 11.9 Å². The molecule has 1 saturated heterocycles. The Morgan fingerprint density at radius 1 is 1.43 bits per heavy atom. The number of hydrogen-bond donors (Lipinski definition) is 1. The minimum Gasteiger partial charge on any atom is -0.336 e. The monoisotopic (exact) mass is 301 g/mol. The molecule has 2 rings (SSSR count). The Bertz CT molecular complexity index is 501. The number of carbonyl (C=O) groups is 1. The van der Waals surface area contributed by atoms with E-state index in [-0.39, 0.29) is 23.4 Å². The van der Waals surface area contributed by atoms with Gasteiger partial charge < -0.3 is 10.6 Å². The van der Waals surface area contributed by atoms with E-state index in [9.17, 15) is 18.0 Å². The number of amides is 1. The Hall–Kier alpha value is -1.63. The van der Waals surface area contributed by atoms with Crippen molar-refractivity contribution in [1.29, 1.82) is 0 Å². The highest BCUT2D eigenvalue weighted by Crippen LogP contribution is 2.28. The van der Waals surface area contributed by atoms with Gasteiger partial charge in [0, 0.05) is 18.8 Å². The van der Waals surface area contributed by atoms with E-state index in [1.54, 1.807) is 4.90 Å². The second kappa shape index (κ2) is 6.01. The highest BCUT2D eigenvalue weighted by Gasteiger charge is 2.33. The largest absolute Gasteiger partial charge is 0.433 e. The van der Waals surface area contributed by atoms with E-state index in [1.165, 1.54) is 6.07 Å². The minimum absolute atomic E-state index is 0.0580. The molecule has 7 heteroatoms. The molecule has 2 heterocycles. The first kappa shape index (κ1) is 15.8. The van der Waals surface area contributed by atoms with Crippen LogP contribution in [0.3, 0.4) is 0 Å². The van der Waals surface area contributed by atoms with Gasteiger partial charge in [-0.15, -0.1) is 0 Å². The molecule has 116 valence electrons. The Morgan fingerprint density at radius 3 is 2.67 bits per heavy atom. The Balaban J connectivity index is 2.15. The fourth-order valence-corrected chi connectivity index (χ4v) is 2.51. The average molecular weight is 301 g/mol. The zero-order chi connectivity index (χ0) is 15.6. The van der Waals surface area contributed by atoms with Crippen molar-refractivity contribution in [3.8, 4) is 0 Å². The van der Waals surface area contributed by atoms with Gasteiger partial charge in [0.2, 0.25) is 0 Å². The number of likely N-dealkylation sites (tertiary alicyclic amines) is 1. The first-order valence-electron chi connectivity index (χ1n) is 6.87. The Kier molecular flexibility index (Phi) is 4.51. The van der Waals surface area contributed by atoms with Gasteiger partial charge in [0.1, 0.15) is 5.69 Å². The lowest BCUT2D eigenvalue weighted by molar-refractivity contribution is -0.141. The smallest absolute Gasteiger partial charge is 0.336 e. The van der Waals surface area contributed by atoms with Crippen LogP contribution in [0.5, 0.6) is 0 Å². The van der Waals surface area contributed by atoms with Crippen molar-refractivity contribution >= 4 is 5.91 Å². The standard InChI is InChI=1S/C14H18F3N3O/c1-9-2-3-10(6-18)8-20(9)13(21)11-4-5-12(19-7-11)14(15,16)17/h4-5,7,9-10H,2-3,6,8,18H2,1H3. The molecule has 0 aliphatic carbocycles. The third-order valence-corrected chi connectivity index (χ3v) is 3.87. The first-order chi connectivity index (χ1) is 9.82. The quantitative estimate of drug-likeness (QED) is 0.912. The zero-order valence-corrected chi connectivity index (χ0v) is 11.7. The molecule has 2 N–H and O–H groups in total. The SMILES string of the molecule is CC1CCC(CN)CN1C(=O)c1ccc(C(F)(F)F)nc1. The van der Waals surface area contributed by atoms with Crippen LogP contribution in [0.1, 0.15) is 35.8 Å². The normalized spacial score (nSPS) is 23.2.